The summed E-state index contributed by atoms with van der Waals surface area (Å²) in [6.45, 7) is 6.10. The van der Waals surface area contributed by atoms with Crippen LogP contribution in [0.15, 0.2) is 0 Å². The van der Waals surface area contributed by atoms with Gasteiger partial charge in [-0.15, -0.1) is 0 Å². The molecule has 0 aromatic carbocycles. The van der Waals surface area contributed by atoms with Crippen molar-refractivity contribution in [1.29, 1.82) is 0 Å². The van der Waals surface area contributed by atoms with E-state index >= 15 is 0 Å². The van der Waals surface area contributed by atoms with Crippen LogP contribution in [0, 0.1) is 5.41 Å². The number of rotatable bonds is 3. The molecule has 1 unspecified atom stereocenters. The standard InChI is InChI=1S/C14H26N2O3/c1-13(2)4-6-14(18,7-5-13)10-15-12(17)16-11-3-8-19-9-11/h11,18H,3-10H2,1-2H3,(H2,15,16,17). The predicted molar refractivity (Wildman–Crippen MR) is 73.0 cm³/mol. The van der Waals surface area contributed by atoms with E-state index < -0.39 is 5.60 Å². The first-order valence-corrected chi connectivity index (χ1v) is 7.23. The molecule has 5 nitrogen and oxygen atoms in total. The van der Waals surface area contributed by atoms with Gasteiger partial charge in [0.25, 0.3) is 0 Å². The molecule has 1 saturated heterocycles. The monoisotopic (exact) mass is 270 g/mol. The lowest BCUT2D eigenvalue weighted by Crippen LogP contribution is -2.50. The summed E-state index contributed by atoms with van der Waals surface area (Å²) >= 11 is 0. The molecule has 1 saturated carbocycles. The van der Waals surface area contributed by atoms with Crippen LogP contribution in [-0.4, -0.2) is 42.5 Å². The van der Waals surface area contributed by atoms with Crippen LogP contribution >= 0.6 is 0 Å². The van der Waals surface area contributed by atoms with Gasteiger partial charge in [-0.2, -0.15) is 0 Å². The molecule has 2 rings (SSSR count). The highest BCUT2D eigenvalue weighted by atomic mass is 16.5. The molecule has 110 valence electrons. The summed E-state index contributed by atoms with van der Waals surface area (Å²) in [5.74, 6) is 0. The topological polar surface area (TPSA) is 70.6 Å². The Kier molecular flexibility index (Phi) is 4.36. The SMILES string of the molecule is CC1(C)CCC(O)(CNC(=O)NC2CCOC2)CC1. The maximum atomic E-state index is 11.7. The molecule has 0 aromatic rings. The first-order valence-electron chi connectivity index (χ1n) is 7.23. The van der Waals surface area contributed by atoms with Crippen molar-refractivity contribution in [3.8, 4) is 0 Å². The Bertz CT molecular complexity index is 315. The fourth-order valence-corrected chi connectivity index (χ4v) is 2.70. The molecule has 2 aliphatic rings. The Hall–Kier alpha value is -0.810. The third-order valence-corrected chi connectivity index (χ3v) is 4.38. The van der Waals surface area contributed by atoms with E-state index in [-0.39, 0.29) is 12.1 Å². The van der Waals surface area contributed by atoms with Gasteiger partial charge in [-0.1, -0.05) is 13.8 Å². The van der Waals surface area contributed by atoms with Gasteiger partial charge < -0.3 is 20.5 Å². The van der Waals surface area contributed by atoms with Gasteiger partial charge in [-0.05, 0) is 37.5 Å². The van der Waals surface area contributed by atoms with Gasteiger partial charge in [0.1, 0.15) is 0 Å². The second-order valence-electron chi connectivity index (χ2n) is 6.78. The van der Waals surface area contributed by atoms with E-state index in [1.165, 1.54) is 0 Å². The van der Waals surface area contributed by atoms with E-state index in [1.54, 1.807) is 0 Å². The average Bonchev–Trinajstić information content (AvgIpc) is 2.84. The Morgan fingerprint density at radius 3 is 2.58 bits per heavy atom. The smallest absolute Gasteiger partial charge is 0.315 e. The van der Waals surface area contributed by atoms with Gasteiger partial charge in [-0.3, -0.25) is 0 Å². The first-order chi connectivity index (χ1) is 8.89. The number of carbonyl (C=O) groups excluding carboxylic acids is 1. The van der Waals surface area contributed by atoms with E-state index in [0.29, 0.717) is 25.2 Å². The molecule has 0 spiro atoms. The van der Waals surface area contributed by atoms with Crippen LogP contribution in [0.5, 0.6) is 0 Å². The van der Waals surface area contributed by atoms with Crippen molar-refractivity contribution < 1.29 is 14.6 Å². The van der Waals surface area contributed by atoms with Gasteiger partial charge >= 0.3 is 6.03 Å². The number of urea groups is 1. The zero-order valence-corrected chi connectivity index (χ0v) is 12.0. The van der Waals surface area contributed by atoms with Gasteiger partial charge in [0.05, 0.1) is 18.2 Å². The van der Waals surface area contributed by atoms with Crippen LogP contribution < -0.4 is 10.6 Å². The summed E-state index contributed by atoms with van der Waals surface area (Å²) < 4.78 is 5.20. The second-order valence-corrected chi connectivity index (χ2v) is 6.78. The zero-order valence-electron chi connectivity index (χ0n) is 12.0. The Morgan fingerprint density at radius 2 is 2.00 bits per heavy atom. The molecule has 1 heterocycles. The van der Waals surface area contributed by atoms with Crippen molar-refractivity contribution in [2.75, 3.05) is 19.8 Å². The molecule has 0 aromatic heterocycles. The molecule has 3 N–H and O–H groups in total. The van der Waals surface area contributed by atoms with Crippen LogP contribution in [0.1, 0.15) is 46.0 Å². The molecule has 2 fully saturated rings. The molecule has 1 atom stereocenters. The minimum absolute atomic E-state index is 0.111. The molecule has 2 amide bonds. The van der Waals surface area contributed by atoms with E-state index in [1.807, 2.05) is 0 Å². The summed E-state index contributed by atoms with van der Waals surface area (Å²) in [6, 6.07) is -0.0892. The highest BCUT2D eigenvalue weighted by Gasteiger charge is 2.36. The Morgan fingerprint density at radius 1 is 1.32 bits per heavy atom. The van der Waals surface area contributed by atoms with E-state index in [4.69, 9.17) is 4.74 Å². The molecular formula is C14H26N2O3. The van der Waals surface area contributed by atoms with Crippen LogP contribution in [0.4, 0.5) is 4.79 Å². The van der Waals surface area contributed by atoms with Crippen molar-refractivity contribution in [2.24, 2.45) is 5.41 Å². The Labute approximate surface area is 115 Å². The van der Waals surface area contributed by atoms with Crippen LogP contribution in [-0.2, 0) is 4.74 Å². The summed E-state index contributed by atoms with van der Waals surface area (Å²) in [5.41, 5.74) is -0.422. The number of hydrogen-bond acceptors (Lipinski definition) is 3. The molecule has 1 aliphatic carbocycles. The minimum atomic E-state index is -0.737. The lowest BCUT2D eigenvalue weighted by atomic mass is 9.71. The van der Waals surface area contributed by atoms with Crippen LogP contribution in [0.3, 0.4) is 0 Å². The predicted octanol–water partition coefficient (Wildman–Crippen LogP) is 1.41. The Balaban J connectivity index is 1.70. The number of aliphatic hydroxyl groups is 1. The van der Waals surface area contributed by atoms with E-state index in [9.17, 15) is 9.90 Å². The maximum absolute atomic E-state index is 11.7. The minimum Gasteiger partial charge on any atom is -0.388 e. The van der Waals surface area contributed by atoms with Gasteiger partial charge in [0.15, 0.2) is 0 Å². The van der Waals surface area contributed by atoms with Crippen LogP contribution in [0.2, 0.25) is 0 Å². The number of ether oxygens (including phenoxy) is 1. The number of nitrogens with one attached hydrogen (secondary N) is 2. The van der Waals surface area contributed by atoms with Gasteiger partial charge in [-0.25, -0.2) is 4.79 Å². The van der Waals surface area contributed by atoms with Gasteiger partial charge in [0.2, 0.25) is 0 Å². The van der Waals surface area contributed by atoms with Crippen molar-refractivity contribution in [3.05, 3.63) is 0 Å². The summed E-state index contributed by atoms with van der Waals surface area (Å²) in [6.07, 6.45) is 4.39. The molecule has 5 heteroatoms. The lowest BCUT2D eigenvalue weighted by molar-refractivity contribution is -0.0223. The highest BCUT2D eigenvalue weighted by molar-refractivity contribution is 5.74. The fourth-order valence-electron chi connectivity index (χ4n) is 2.70. The van der Waals surface area contributed by atoms with Crippen molar-refractivity contribution in [1.82, 2.24) is 10.6 Å². The quantitative estimate of drug-likeness (QED) is 0.726. The summed E-state index contributed by atoms with van der Waals surface area (Å²) in [7, 11) is 0. The summed E-state index contributed by atoms with van der Waals surface area (Å²) in [5, 5.41) is 16.1. The molecule has 0 bridgehead atoms. The van der Waals surface area contributed by atoms with Crippen molar-refractivity contribution >= 4 is 6.03 Å². The number of amides is 2. The van der Waals surface area contributed by atoms with Gasteiger partial charge in [0, 0.05) is 13.2 Å². The first kappa shape index (κ1) is 14.6. The number of hydrogen-bond donors (Lipinski definition) is 3. The second kappa shape index (κ2) is 5.67. The number of carbonyl (C=O) groups is 1. The normalized spacial score (nSPS) is 28.9. The lowest BCUT2D eigenvalue weighted by Gasteiger charge is -2.40. The third kappa shape index (κ3) is 4.35. The van der Waals surface area contributed by atoms with Crippen molar-refractivity contribution in [3.63, 3.8) is 0 Å². The highest BCUT2D eigenvalue weighted by Crippen LogP contribution is 2.39. The molecule has 19 heavy (non-hydrogen) atoms. The molecule has 0 radical (unpaired) electrons. The summed E-state index contributed by atoms with van der Waals surface area (Å²) in [4.78, 5) is 11.7. The third-order valence-electron chi connectivity index (χ3n) is 4.38. The van der Waals surface area contributed by atoms with E-state index in [2.05, 4.69) is 24.5 Å². The fraction of sp³-hybridized carbons (Fsp3) is 0.929. The largest absolute Gasteiger partial charge is 0.388 e. The molecular weight excluding hydrogens is 244 g/mol. The average molecular weight is 270 g/mol. The molecule has 1 aliphatic heterocycles. The maximum Gasteiger partial charge on any atom is 0.315 e. The van der Waals surface area contributed by atoms with E-state index in [0.717, 1.165) is 32.1 Å². The van der Waals surface area contributed by atoms with Crippen molar-refractivity contribution in [2.45, 2.75) is 57.6 Å². The van der Waals surface area contributed by atoms with Crippen LogP contribution in [0.25, 0.3) is 0 Å². The zero-order chi connectivity index (χ0) is 13.9.